The van der Waals surface area contributed by atoms with Crippen LogP contribution in [0.15, 0.2) is 131 Å². The second-order valence-electron chi connectivity index (χ2n) is 30.1. The molecule has 2 saturated heterocycles. The van der Waals surface area contributed by atoms with Gasteiger partial charge in [0, 0.05) is 87.3 Å². The number of phenols is 1. The maximum Gasteiger partial charge on any atom is 0.328 e. The fraction of sp³-hybridized carbons (Fsp3) is 0.506. The Morgan fingerprint density at radius 1 is 0.699 bits per heavy atom. The number of aromatic amines is 2. The second-order valence-corrected chi connectivity index (χ2v) is 30.1. The Hall–Kier alpha value is -11.4. The topological polar surface area (TPSA) is 506 Å². The largest absolute Gasteiger partial charge is 0.508 e. The molecule has 2 aromatic heterocycles. The van der Waals surface area contributed by atoms with Crippen molar-refractivity contribution >= 4 is 87.9 Å². The van der Waals surface area contributed by atoms with Gasteiger partial charge in [-0.25, -0.2) is 9.78 Å². The lowest BCUT2D eigenvalue weighted by molar-refractivity contribution is -0.142. The van der Waals surface area contributed by atoms with E-state index in [1.807, 2.05) is 32.1 Å². The molecule has 0 spiro atoms. The van der Waals surface area contributed by atoms with E-state index in [-0.39, 0.29) is 112 Å². The summed E-state index contributed by atoms with van der Waals surface area (Å²) in [6, 6.07) is 1.58. The monoisotopic (exact) mass is 1570 g/mol. The van der Waals surface area contributed by atoms with Crippen molar-refractivity contribution in [1.29, 1.82) is 0 Å². The third-order valence-electron chi connectivity index (χ3n) is 19.0. The number of carboxylic acids is 2. The van der Waals surface area contributed by atoms with Crippen molar-refractivity contribution in [2.45, 2.75) is 220 Å². The molecule has 616 valence electrons. The van der Waals surface area contributed by atoms with Gasteiger partial charge in [0.25, 0.3) is 5.97 Å². The number of nitrogens with zero attached hydrogens (tertiary/aromatic N) is 3. The van der Waals surface area contributed by atoms with Crippen molar-refractivity contribution in [3.8, 4) is 5.75 Å². The van der Waals surface area contributed by atoms with Gasteiger partial charge in [-0.2, -0.15) is 0 Å². The van der Waals surface area contributed by atoms with E-state index >= 15 is 0 Å². The number of likely N-dealkylation sites (N-methyl/N-ethyl adjacent to an activating group) is 1. The van der Waals surface area contributed by atoms with Gasteiger partial charge in [0.15, 0.2) is 5.96 Å². The first-order chi connectivity index (χ1) is 53.5. The van der Waals surface area contributed by atoms with Gasteiger partial charge in [0.1, 0.15) is 60.1 Å². The summed E-state index contributed by atoms with van der Waals surface area (Å²) in [5.74, 6) is -9.30. The summed E-state index contributed by atoms with van der Waals surface area (Å²) >= 11 is 0. The Balaban J connectivity index is 0.000000743. The number of guanidine groups is 1. The number of imidazole rings is 1. The summed E-state index contributed by atoms with van der Waals surface area (Å²) in [6.07, 6.45) is 20.8. The van der Waals surface area contributed by atoms with Crippen molar-refractivity contribution < 1.29 is 78.0 Å². The molecule has 113 heavy (non-hydrogen) atoms. The zero-order valence-corrected chi connectivity index (χ0v) is 66.6. The predicted molar refractivity (Wildman–Crippen MR) is 427 cm³/mol. The number of hydrogen-bond donors (Lipinski definition) is 17. The van der Waals surface area contributed by atoms with E-state index < -0.39 is 120 Å². The number of fused-ring (bicyclic) bond motifs is 1. The maximum atomic E-state index is 14.7. The molecule has 2 aliphatic heterocycles. The first-order valence-electron chi connectivity index (χ1n) is 38.3. The van der Waals surface area contributed by atoms with Crippen molar-refractivity contribution in [3.05, 3.63) is 143 Å². The molecule has 19 N–H and O–H groups in total. The molecule has 32 heteroatoms. The molecular weight excluding hydrogens is 1450 g/mol. The average molecular weight is 1570 g/mol. The van der Waals surface area contributed by atoms with Gasteiger partial charge in [0.05, 0.1) is 12.9 Å². The van der Waals surface area contributed by atoms with Crippen LogP contribution in [0, 0.1) is 17.3 Å². The van der Waals surface area contributed by atoms with Crippen LogP contribution >= 0.6 is 0 Å². The van der Waals surface area contributed by atoms with E-state index in [0.717, 1.165) is 23.6 Å². The van der Waals surface area contributed by atoms with E-state index in [4.69, 9.17) is 26.5 Å². The Morgan fingerprint density at radius 3 is 1.83 bits per heavy atom. The summed E-state index contributed by atoms with van der Waals surface area (Å²) in [5.41, 5.74) is 18.4. The second kappa shape index (κ2) is 45.8. The number of benzene rings is 2. The summed E-state index contributed by atoms with van der Waals surface area (Å²) in [5, 5.41) is 61.9. The van der Waals surface area contributed by atoms with Crippen LogP contribution in [-0.4, -0.2) is 198 Å². The minimum absolute atomic E-state index is 0.0397. The summed E-state index contributed by atoms with van der Waals surface area (Å²) in [6.45, 7) is 20.6. The number of amides is 10. The number of H-pyrrole nitrogens is 2. The Morgan fingerprint density at radius 2 is 1.27 bits per heavy atom. The molecule has 2 fully saturated rings. The summed E-state index contributed by atoms with van der Waals surface area (Å²) in [7, 11) is 0. The number of carbonyl (C=O) groups excluding carboxylic acids is 10. The standard InChI is InChI=1S/C59H84N16O12.C20H28O2.C2H4O2/c1-6-63-57(86)48-14-10-22-75(48)58(87)41(13-9-21-64-59(60)61)68-51(80)42(23-32(2)3)69-52(81)43(24-33(4)5)70-53(82)44(25-34-15-17-37(77)18-16-34)71-56(85)47(30-76)74-54(83)45(26-35-28-65-39-12-8-7-11-38(35)39)72-55(84)46(27-36-29-62-31-66-36)73-50(79)40-19-20-49(78)67-40;1-15(8-6-9-16(2)14-19(21)22)11-12-18-17(3)10-7-13-20(18,4)5;1-2(3)4/h7-8,11-12,15-18,28-29,31-33,40-48,65,76-77H,6,9-10,13-14,19-27,30H2,1-5H3,(H,62,66)(H,63,86)(H,67,78)(H,68,80)(H,69,81)(H,70,82)(H,71,85)(H,72,84)(H,73,79)(H,74,83)(H4,60,61,64);6,8-9,11-12,14H,7,10,13H2,1-5H3,(H,21,22);1H3,(H,3,4)/b;9-6+,12-11+,15-8+,16-14+;/t40-,41-,42-,43+,44-,45-,46-,47-,48-;;/m0../s1. The number of aliphatic carboxylic acids is 2. The van der Waals surface area contributed by atoms with E-state index in [1.54, 1.807) is 58.2 Å². The molecule has 0 bridgehead atoms. The Bertz CT molecular complexity index is 4110. The van der Waals surface area contributed by atoms with Crippen LogP contribution in [0.4, 0.5) is 0 Å². The maximum absolute atomic E-state index is 14.7. The van der Waals surface area contributed by atoms with E-state index in [1.165, 1.54) is 78.2 Å². The lowest BCUT2D eigenvalue weighted by Crippen LogP contribution is -2.61. The number of aliphatic hydroxyl groups excluding tert-OH is 1. The van der Waals surface area contributed by atoms with Gasteiger partial charge >= 0.3 is 5.97 Å². The number of nitrogens with two attached hydrogens (primary N) is 2. The quantitative estimate of drug-likeness (QED) is 0.00986. The number of aromatic nitrogens is 3. The molecule has 0 unspecified atom stereocenters. The van der Waals surface area contributed by atoms with Crippen LogP contribution < -0.4 is 59.3 Å². The third kappa shape index (κ3) is 31.3. The molecule has 9 atom stereocenters. The molecule has 4 heterocycles. The van der Waals surface area contributed by atoms with Gasteiger partial charge in [-0.15, -0.1) is 0 Å². The molecule has 0 saturated carbocycles. The summed E-state index contributed by atoms with van der Waals surface area (Å²) < 4.78 is 0. The van der Waals surface area contributed by atoms with Crippen molar-refractivity contribution in [1.82, 2.24) is 67.7 Å². The molecule has 1 aliphatic carbocycles. The van der Waals surface area contributed by atoms with Crippen molar-refractivity contribution in [2.24, 2.45) is 33.7 Å². The number of allylic oxidation sites excluding steroid dienone is 9. The number of hydrogen-bond acceptors (Lipinski definition) is 16. The van der Waals surface area contributed by atoms with Crippen LogP contribution in [0.5, 0.6) is 5.75 Å². The normalized spacial score (nSPS) is 17.4. The van der Waals surface area contributed by atoms with Crippen LogP contribution in [0.2, 0.25) is 0 Å². The molecule has 32 nitrogen and oxygen atoms in total. The third-order valence-corrected chi connectivity index (χ3v) is 19.0. The highest BCUT2D eigenvalue weighted by molar-refractivity contribution is 6.00. The van der Waals surface area contributed by atoms with Crippen LogP contribution in [0.3, 0.4) is 0 Å². The summed E-state index contributed by atoms with van der Waals surface area (Å²) in [4.78, 5) is 175. The van der Waals surface area contributed by atoms with E-state index in [9.17, 15) is 63.0 Å². The van der Waals surface area contributed by atoms with Crippen LogP contribution in [0.25, 0.3) is 10.9 Å². The minimum atomic E-state index is -1.75. The molecule has 3 aliphatic rings. The van der Waals surface area contributed by atoms with Crippen molar-refractivity contribution in [3.63, 3.8) is 0 Å². The van der Waals surface area contributed by atoms with Gasteiger partial charge in [-0.05, 0) is 150 Å². The average Bonchev–Trinajstić information content (AvgIpc) is 1.81. The number of carboxylic acid groups (broad SMARTS) is 2. The number of rotatable bonds is 37. The lowest BCUT2D eigenvalue weighted by atomic mass is 9.72. The predicted octanol–water partition coefficient (Wildman–Crippen LogP) is 4.26. The van der Waals surface area contributed by atoms with Crippen molar-refractivity contribution in [2.75, 3.05) is 26.2 Å². The number of aromatic hydroxyl groups is 1. The number of likely N-dealkylation sites (tertiary alicyclic amines) is 1. The SMILES string of the molecule is CC(=O)O.CC1=C(/C=C/C(C)=C/C=C/C(C)=C/C(=O)O)C(C)(C)CCC1.CCNC(=O)[C@@H]1CCCN1C(=O)[C@H](CCCN=C(N)N)NC(=O)[C@H](CC(C)C)NC(=O)[C@@H](CC(C)C)NC(=O)[C@H](Cc1ccc(O)cc1)NC(=O)[C@H](CO)NC(=O)[C@H](Cc1c[nH]c2ccccc12)NC(=O)[C@H](Cc1cnc[nH]1)NC(=O)[C@@H]1CCC(=O)N1. The van der Waals surface area contributed by atoms with Crippen LogP contribution in [0.1, 0.15) is 164 Å². The van der Waals surface area contributed by atoms with Gasteiger partial charge in [0.2, 0.25) is 59.1 Å². The molecule has 10 amide bonds. The Labute approximate surface area is 659 Å². The molecular formula is C81H116N16O16. The molecule has 0 radical (unpaired) electrons. The highest BCUT2D eigenvalue weighted by atomic mass is 16.4. The van der Waals surface area contributed by atoms with E-state index in [0.29, 0.717) is 41.6 Å². The number of nitrogens with one attached hydrogen (secondary N) is 11. The lowest BCUT2D eigenvalue weighted by Gasteiger charge is -2.32. The number of aliphatic hydroxyl groups is 1. The van der Waals surface area contributed by atoms with Gasteiger partial charge < -0.3 is 94.6 Å². The first-order valence-corrected chi connectivity index (χ1v) is 38.3. The fourth-order valence-corrected chi connectivity index (χ4v) is 13.4. The van der Waals surface area contributed by atoms with Crippen LogP contribution in [-0.2, 0) is 76.8 Å². The number of aliphatic imine (C=N–C) groups is 1. The number of phenolic OH excluding ortho intramolecular Hbond substituents is 1. The smallest absolute Gasteiger partial charge is 0.328 e. The van der Waals surface area contributed by atoms with E-state index in [2.05, 4.69) is 108 Å². The number of para-hydroxylation sites is 1. The molecule has 4 aromatic rings. The van der Waals surface area contributed by atoms with Gasteiger partial charge in [-0.1, -0.05) is 113 Å². The van der Waals surface area contributed by atoms with Gasteiger partial charge in [-0.3, -0.25) is 57.7 Å². The Kier molecular flexibility index (Phi) is 37.3. The zero-order chi connectivity index (χ0) is 83.6. The first kappa shape index (κ1) is 92.2. The number of carbonyl (C=O) groups is 12. The fourth-order valence-electron chi connectivity index (χ4n) is 13.4. The molecule has 2 aromatic carbocycles. The highest BCUT2D eigenvalue weighted by Gasteiger charge is 2.40. The minimum Gasteiger partial charge on any atom is -0.508 e. The zero-order valence-electron chi connectivity index (χ0n) is 66.6. The molecule has 7 rings (SSSR count). The highest BCUT2D eigenvalue weighted by Crippen LogP contribution is 2.41.